The molecule has 0 aromatic rings. The first-order valence-electron chi connectivity index (χ1n) is 4.76. The summed E-state index contributed by atoms with van der Waals surface area (Å²) in [5.74, 6) is 0. The fourth-order valence-corrected chi connectivity index (χ4v) is 0.810. The molecule has 1 heterocycles. The van der Waals surface area contributed by atoms with Crippen molar-refractivity contribution in [2.75, 3.05) is 39.6 Å². The third kappa shape index (κ3) is 4.88. The van der Waals surface area contributed by atoms with Crippen LogP contribution in [0.4, 0.5) is 0 Å². The maximum Gasteiger partial charge on any atom is 0.0627 e. The zero-order valence-electron chi connectivity index (χ0n) is 8.35. The first kappa shape index (κ1) is 13.8. The molecule has 86 valence electrons. The predicted octanol–water partition coefficient (Wildman–Crippen LogP) is -1.26. The Bertz CT molecular complexity index is 95.3. The lowest BCUT2D eigenvalue weighted by Gasteiger charge is -2.23. The highest BCUT2D eigenvalue weighted by Crippen LogP contribution is 2.11. The molecule has 0 bridgehead atoms. The lowest BCUT2D eigenvalue weighted by atomic mass is 9.93. The van der Waals surface area contributed by atoms with Gasteiger partial charge >= 0.3 is 0 Å². The average Bonchev–Trinajstić information content (AvgIpc) is 2.80. The fraction of sp³-hybridized carbons (Fsp3) is 1.00. The van der Waals surface area contributed by atoms with Gasteiger partial charge in [0.05, 0.1) is 31.8 Å². The molecule has 14 heavy (non-hydrogen) atoms. The minimum Gasteiger partial charge on any atom is -0.396 e. The molecule has 1 aliphatic rings. The molecule has 1 rings (SSSR count). The summed E-state index contributed by atoms with van der Waals surface area (Å²) in [7, 11) is 0. The maximum atomic E-state index is 8.50. The minimum atomic E-state index is -1.11. The van der Waals surface area contributed by atoms with Gasteiger partial charge in [0, 0.05) is 13.2 Å². The van der Waals surface area contributed by atoms with Crippen molar-refractivity contribution in [3.05, 3.63) is 0 Å². The van der Waals surface area contributed by atoms with E-state index in [0.29, 0.717) is 0 Å². The molecule has 0 aromatic carbocycles. The molecule has 4 N–H and O–H groups in total. The first-order valence-corrected chi connectivity index (χ1v) is 4.76. The molecule has 0 spiro atoms. The monoisotopic (exact) mass is 208 g/mol. The molecule has 1 aliphatic heterocycles. The van der Waals surface area contributed by atoms with E-state index >= 15 is 0 Å². The van der Waals surface area contributed by atoms with Crippen LogP contribution in [0.15, 0.2) is 0 Å². The second-order valence-corrected chi connectivity index (χ2v) is 3.45. The Morgan fingerprint density at radius 3 is 1.21 bits per heavy atom. The number of aliphatic hydroxyl groups excluding tert-OH is 4. The van der Waals surface area contributed by atoms with Gasteiger partial charge in [-0.3, -0.25) is 0 Å². The van der Waals surface area contributed by atoms with E-state index in [2.05, 4.69) is 0 Å². The Morgan fingerprint density at radius 2 is 1.14 bits per heavy atom. The Morgan fingerprint density at radius 1 is 0.786 bits per heavy atom. The van der Waals surface area contributed by atoms with Crippen LogP contribution in [-0.4, -0.2) is 60.1 Å². The second kappa shape index (κ2) is 8.14. The van der Waals surface area contributed by atoms with E-state index in [-0.39, 0.29) is 0 Å². The van der Waals surface area contributed by atoms with Crippen molar-refractivity contribution in [3.63, 3.8) is 0 Å². The minimum absolute atomic E-state index is 0.406. The highest BCUT2D eigenvalue weighted by molar-refractivity contribution is 4.74. The fourth-order valence-electron chi connectivity index (χ4n) is 0.810. The van der Waals surface area contributed by atoms with Gasteiger partial charge in [-0.2, -0.15) is 0 Å². The highest BCUT2D eigenvalue weighted by atomic mass is 16.5. The van der Waals surface area contributed by atoms with E-state index < -0.39 is 31.8 Å². The van der Waals surface area contributed by atoms with Gasteiger partial charge in [0.2, 0.25) is 0 Å². The Kier molecular flexibility index (Phi) is 8.02. The molecule has 0 aliphatic carbocycles. The largest absolute Gasteiger partial charge is 0.396 e. The van der Waals surface area contributed by atoms with Gasteiger partial charge in [0.1, 0.15) is 0 Å². The quantitative estimate of drug-likeness (QED) is 0.463. The van der Waals surface area contributed by atoms with E-state index in [4.69, 9.17) is 25.2 Å². The summed E-state index contributed by atoms with van der Waals surface area (Å²) in [6, 6.07) is 0. The van der Waals surface area contributed by atoms with Crippen molar-refractivity contribution < 1.29 is 25.2 Å². The van der Waals surface area contributed by atoms with Crippen molar-refractivity contribution in [1.82, 2.24) is 0 Å². The SMILES string of the molecule is C1CCOC1.OCC(CO)(CO)CO. The summed E-state index contributed by atoms with van der Waals surface area (Å²) in [6.45, 7) is 0.375. The third-order valence-corrected chi connectivity index (χ3v) is 2.17. The summed E-state index contributed by atoms with van der Waals surface area (Å²) >= 11 is 0. The zero-order chi connectivity index (χ0) is 10.9. The van der Waals surface area contributed by atoms with E-state index in [1.165, 1.54) is 12.8 Å². The molecule has 0 radical (unpaired) electrons. The van der Waals surface area contributed by atoms with Crippen LogP contribution in [0, 0.1) is 5.41 Å². The number of rotatable bonds is 4. The summed E-state index contributed by atoms with van der Waals surface area (Å²) in [5.41, 5.74) is -1.11. The van der Waals surface area contributed by atoms with Crippen molar-refractivity contribution in [2.24, 2.45) is 5.41 Å². The van der Waals surface area contributed by atoms with Crippen LogP contribution in [-0.2, 0) is 4.74 Å². The van der Waals surface area contributed by atoms with E-state index in [9.17, 15) is 0 Å². The van der Waals surface area contributed by atoms with E-state index in [1.54, 1.807) is 0 Å². The van der Waals surface area contributed by atoms with Crippen LogP contribution < -0.4 is 0 Å². The van der Waals surface area contributed by atoms with Gasteiger partial charge in [-0.25, -0.2) is 0 Å². The zero-order valence-corrected chi connectivity index (χ0v) is 8.35. The van der Waals surface area contributed by atoms with Crippen molar-refractivity contribution >= 4 is 0 Å². The van der Waals surface area contributed by atoms with Crippen LogP contribution in [0.3, 0.4) is 0 Å². The molecule has 0 amide bonds. The maximum absolute atomic E-state index is 8.50. The van der Waals surface area contributed by atoms with Gasteiger partial charge in [-0.15, -0.1) is 0 Å². The highest BCUT2D eigenvalue weighted by Gasteiger charge is 2.26. The number of hydrogen-bond acceptors (Lipinski definition) is 5. The summed E-state index contributed by atoms with van der Waals surface area (Å²) in [4.78, 5) is 0. The van der Waals surface area contributed by atoms with Gasteiger partial charge < -0.3 is 25.2 Å². The number of ether oxygens (including phenoxy) is 1. The molecule has 0 aromatic heterocycles. The Labute approximate surface area is 83.9 Å². The Balaban J connectivity index is 0.000000280. The van der Waals surface area contributed by atoms with Crippen LogP contribution in [0.1, 0.15) is 12.8 Å². The third-order valence-electron chi connectivity index (χ3n) is 2.17. The van der Waals surface area contributed by atoms with E-state index in [1.807, 2.05) is 0 Å². The number of hydrogen-bond donors (Lipinski definition) is 4. The molecule has 1 saturated heterocycles. The van der Waals surface area contributed by atoms with Crippen molar-refractivity contribution in [2.45, 2.75) is 12.8 Å². The first-order chi connectivity index (χ1) is 6.74. The average molecular weight is 208 g/mol. The molecular formula is C9H20O5. The normalized spacial score (nSPS) is 16.3. The lowest BCUT2D eigenvalue weighted by Crippen LogP contribution is -2.37. The van der Waals surface area contributed by atoms with Crippen molar-refractivity contribution in [3.8, 4) is 0 Å². The molecule has 0 unspecified atom stereocenters. The molecule has 0 saturated carbocycles. The van der Waals surface area contributed by atoms with Gasteiger partial charge in [-0.05, 0) is 12.8 Å². The van der Waals surface area contributed by atoms with Gasteiger partial charge in [0.15, 0.2) is 0 Å². The second-order valence-electron chi connectivity index (χ2n) is 3.45. The van der Waals surface area contributed by atoms with Crippen LogP contribution >= 0.6 is 0 Å². The standard InChI is InChI=1S/C5H12O4.C4H8O/c6-1-5(2-7,3-8)4-9;1-2-4-5-3-1/h6-9H,1-4H2;1-4H2. The smallest absolute Gasteiger partial charge is 0.0627 e. The van der Waals surface area contributed by atoms with Gasteiger partial charge in [-0.1, -0.05) is 0 Å². The van der Waals surface area contributed by atoms with E-state index in [0.717, 1.165) is 13.2 Å². The topological polar surface area (TPSA) is 90.2 Å². The summed E-state index contributed by atoms with van der Waals surface area (Å²) in [6.07, 6.45) is 2.56. The molecule has 5 nitrogen and oxygen atoms in total. The lowest BCUT2D eigenvalue weighted by molar-refractivity contribution is -0.0328. The summed E-state index contributed by atoms with van der Waals surface area (Å²) < 4.78 is 4.94. The molecule has 0 atom stereocenters. The molecular weight excluding hydrogens is 188 g/mol. The van der Waals surface area contributed by atoms with Gasteiger partial charge in [0.25, 0.3) is 0 Å². The summed E-state index contributed by atoms with van der Waals surface area (Å²) in [5, 5.41) is 34.0. The Hall–Kier alpha value is -0.200. The predicted molar refractivity (Wildman–Crippen MR) is 50.8 cm³/mol. The molecule has 5 heteroatoms. The van der Waals surface area contributed by atoms with Crippen LogP contribution in [0.25, 0.3) is 0 Å². The van der Waals surface area contributed by atoms with Crippen LogP contribution in [0.2, 0.25) is 0 Å². The number of aliphatic hydroxyl groups is 4. The van der Waals surface area contributed by atoms with Crippen molar-refractivity contribution in [1.29, 1.82) is 0 Å². The molecule has 1 fully saturated rings. The van der Waals surface area contributed by atoms with Crippen LogP contribution in [0.5, 0.6) is 0 Å².